The zero-order chi connectivity index (χ0) is 34.1. The number of aliphatic hydroxyl groups excluding tert-OH is 2. The van der Waals surface area contributed by atoms with E-state index in [4.69, 9.17) is 20.7 Å². The summed E-state index contributed by atoms with van der Waals surface area (Å²) < 4.78 is 24.9. The molecular weight excluding hydrogens is 629 g/mol. The maximum Gasteiger partial charge on any atom is 0.470 e. The molecule has 1 saturated heterocycles. The number of rotatable bonds is 13. The summed E-state index contributed by atoms with van der Waals surface area (Å²) in [6.07, 6.45) is -8.28. The molecule has 6 atom stereocenters. The number of ether oxygens (including phenoxy) is 1. The summed E-state index contributed by atoms with van der Waals surface area (Å²) in [5.74, 6) is -5.49. The van der Waals surface area contributed by atoms with Crippen LogP contribution in [0, 0.1) is 0 Å². The average Bonchev–Trinajstić information content (AvgIpc) is 3.29. The number of aromatic carboxylic acids is 1. The molecular formula is C29H33N3O13P+. The lowest BCUT2D eigenvalue weighted by Gasteiger charge is -2.55. The lowest BCUT2D eigenvalue weighted by Crippen LogP contribution is -2.86. The topological polar surface area (TPSA) is 284 Å². The molecule has 0 spiro atoms. The molecule has 246 valence electrons. The second-order valence-corrected chi connectivity index (χ2v) is 12.1. The van der Waals surface area contributed by atoms with Crippen LogP contribution in [0.25, 0.3) is 0 Å². The van der Waals surface area contributed by atoms with Crippen LogP contribution in [0.15, 0.2) is 85.2 Å². The SMILES string of the molecule is N[C@](Cc1ccccc1)(C(=O)O)C(OP(=O)(O)O)([C@@H]1O[C@@H]([n+]2cccc(C(=O)O)c2)[C@@H](O)[C@H]1O)[C@@](N)(Cc1ccccc1)C(=O)O. The lowest BCUT2D eigenvalue weighted by atomic mass is 9.59. The summed E-state index contributed by atoms with van der Waals surface area (Å²) in [6, 6.07) is 17.2. The van der Waals surface area contributed by atoms with Crippen molar-refractivity contribution in [2.75, 3.05) is 0 Å². The van der Waals surface area contributed by atoms with Crippen LogP contribution in [0.2, 0.25) is 0 Å². The molecule has 16 nitrogen and oxygen atoms in total. The Morgan fingerprint density at radius 2 is 1.28 bits per heavy atom. The molecule has 3 aromatic rings. The van der Waals surface area contributed by atoms with E-state index in [1.807, 2.05) is 0 Å². The molecule has 46 heavy (non-hydrogen) atoms. The summed E-state index contributed by atoms with van der Waals surface area (Å²) in [4.78, 5) is 58.8. The minimum atomic E-state index is -6.02. The highest BCUT2D eigenvalue weighted by Crippen LogP contribution is 2.55. The van der Waals surface area contributed by atoms with Gasteiger partial charge in [-0.05, 0) is 17.2 Å². The number of phosphoric acid groups is 1. The second kappa shape index (κ2) is 13.0. The van der Waals surface area contributed by atoms with Crippen molar-refractivity contribution in [1.82, 2.24) is 0 Å². The maximum atomic E-state index is 13.3. The molecule has 0 aliphatic carbocycles. The standard InChI is InChI=1S/C29H32N3O13P/c30-27(25(37)38,14-17-8-3-1-4-9-17)29(45-46(41,42)43,28(31,26(39)40)15-18-10-5-2-6-11-18)22-20(33)21(34)23(44-22)32-13-7-12-19(16-32)24(35)36/h1-13,16,20-23,33-34H,14-15,30-31H2,(H4-,35,36,37,38,39,40,41,42,43)/p+1/t20-,21+,22-,23-,27-,28-/m1/s1. The van der Waals surface area contributed by atoms with Crippen LogP contribution < -0.4 is 16.0 Å². The van der Waals surface area contributed by atoms with Gasteiger partial charge >= 0.3 is 25.7 Å². The van der Waals surface area contributed by atoms with Crippen LogP contribution in [0.4, 0.5) is 0 Å². The molecule has 1 fully saturated rings. The predicted molar refractivity (Wildman–Crippen MR) is 155 cm³/mol. The van der Waals surface area contributed by atoms with E-state index >= 15 is 0 Å². The third-order valence-electron chi connectivity index (χ3n) is 8.01. The van der Waals surface area contributed by atoms with Crippen LogP contribution in [-0.4, -0.2) is 88.2 Å². The number of nitrogens with zero attached hydrogens (tertiary/aromatic N) is 1. The molecule has 0 saturated carbocycles. The van der Waals surface area contributed by atoms with E-state index in [0.717, 1.165) is 10.8 Å². The van der Waals surface area contributed by atoms with E-state index in [1.165, 1.54) is 66.9 Å². The van der Waals surface area contributed by atoms with Crippen molar-refractivity contribution < 1.29 is 68.1 Å². The van der Waals surface area contributed by atoms with Crippen molar-refractivity contribution in [2.45, 2.75) is 54.1 Å². The van der Waals surface area contributed by atoms with Crippen LogP contribution in [0.5, 0.6) is 0 Å². The number of phosphoric ester groups is 1. The minimum absolute atomic E-state index is 0.131. The van der Waals surface area contributed by atoms with E-state index in [-0.39, 0.29) is 16.7 Å². The Hall–Kier alpha value is -4.09. The van der Waals surface area contributed by atoms with Gasteiger partial charge in [-0.1, -0.05) is 60.7 Å². The van der Waals surface area contributed by atoms with Gasteiger partial charge in [-0.15, -0.1) is 0 Å². The van der Waals surface area contributed by atoms with E-state index < -0.39 is 79.8 Å². The van der Waals surface area contributed by atoms with E-state index in [9.17, 15) is 54.3 Å². The smallest absolute Gasteiger partial charge is 0.470 e. The van der Waals surface area contributed by atoms with Gasteiger partial charge in [0.1, 0.15) is 17.8 Å². The number of benzene rings is 2. The first-order valence-electron chi connectivity index (χ1n) is 13.6. The molecule has 0 bridgehead atoms. The first kappa shape index (κ1) is 34.8. The molecule has 17 heteroatoms. The second-order valence-electron chi connectivity index (χ2n) is 11.0. The number of hydrogen-bond acceptors (Lipinski definition) is 10. The monoisotopic (exact) mass is 662 g/mol. The Morgan fingerprint density at radius 1 is 0.804 bits per heavy atom. The Morgan fingerprint density at radius 3 is 1.70 bits per heavy atom. The van der Waals surface area contributed by atoms with Crippen molar-refractivity contribution in [3.8, 4) is 0 Å². The van der Waals surface area contributed by atoms with Gasteiger partial charge in [-0.3, -0.25) is 14.1 Å². The number of aliphatic hydroxyl groups is 2. The first-order chi connectivity index (χ1) is 21.5. The zero-order valence-electron chi connectivity index (χ0n) is 23.9. The highest BCUT2D eigenvalue weighted by molar-refractivity contribution is 7.46. The Balaban J connectivity index is 2.08. The molecule has 11 N–H and O–H groups in total. The first-order valence-corrected chi connectivity index (χ1v) is 15.1. The van der Waals surface area contributed by atoms with Gasteiger partial charge in [-0.2, -0.15) is 4.57 Å². The maximum absolute atomic E-state index is 13.3. The molecule has 2 aromatic carbocycles. The van der Waals surface area contributed by atoms with Crippen molar-refractivity contribution in [3.05, 3.63) is 102 Å². The van der Waals surface area contributed by atoms with Crippen LogP contribution in [0.1, 0.15) is 27.7 Å². The average molecular weight is 663 g/mol. The largest absolute Gasteiger partial charge is 0.480 e. The Kier molecular flexibility index (Phi) is 9.80. The highest BCUT2D eigenvalue weighted by atomic mass is 31.2. The van der Waals surface area contributed by atoms with Crippen molar-refractivity contribution in [1.29, 1.82) is 0 Å². The summed E-state index contributed by atoms with van der Waals surface area (Å²) >= 11 is 0. The van der Waals surface area contributed by atoms with E-state index in [0.29, 0.717) is 0 Å². The summed E-state index contributed by atoms with van der Waals surface area (Å²) in [5.41, 5.74) is 3.11. The molecule has 1 aliphatic rings. The van der Waals surface area contributed by atoms with Gasteiger partial charge in [0.05, 0.1) is 0 Å². The van der Waals surface area contributed by atoms with Gasteiger partial charge < -0.3 is 51.5 Å². The number of nitrogens with two attached hydrogens (primary N) is 2. The Labute approximate surface area is 261 Å². The number of carboxylic acids is 3. The van der Waals surface area contributed by atoms with E-state index in [2.05, 4.69) is 0 Å². The highest BCUT2D eigenvalue weighted by Gasteiger charge is 2.77. The van der Waals surface area contributed by atoms with Crippen molar-refractivity contribution in [2.24, 2.45) is 11.5 Å². The minimum Gasteiger partial charge on any atom is -0.480 e. The quantitative estimate of drug-likeness (QED) is 0.0799. The third kappa shape index (κ3) is 6.30. The number of carboxylic acid groups (broad SMARTS) is 3. The fourth-order valence-electron chi connectivity index (χ4n) is 5.89. The van der Waals surface area contributed by atoms with Crippen LogP contribution in [0.3, 0.4) is 0 Å². The van der Waals surface area contributed by atoms with Gasteiger partial charge in [0.25, 0.3) is 6.23 Å². The number of carbonyl (C=O) groups is 3. The zero-order valence-corrected chi connectivity index (χ0v) is 24.8. The molecule has 0 radical (unpaired) electrons. The summed E-state index contributed by atoms with van der Waals surface area (Å²) in [6.45, 7) is 0. The third-order valence-corrected chi connectivity index (χ3v) is 8.53. The van der Waals surface area contributed by atoms with Crippen molar-refractivity contribution in [3.63, 3.8) is 0 Å². The number of hydrogen-bond donors (Lipinski definition) is 9. The molecule has 1 aromatic heterocycles. The molecule has 0 amide bonds. The fourth-order valence-corrected chi connectivity index (χ4v) is 6.70. The fraction of sp³-hybridized carbons (Fsp3) is 0.310. The summed E-state index contributed by atoms with van der Waals surface area (Å²) in [5, 5.41) is 53.6. The van der Waals surface area contributed by atoms with Crippen LogP contribution >= 0.6 is 7.82 Å². The van der Waals surface area contributed by atoms with Gasteiger partial charge in [-0.25, -0.2) is 9.36 Å². The molecule has 0 unspecified atom stereocenters. The van der Waals surface area contributed by atoms with Gasteiger partial charge in [0.15, 0.2) is 35.2 Å². The number of aromatic nitrogens is 1. The molecule has 1 aliphatic heterocycles. The molecule has 2 heterocycles. The lowest BCUT2D eigenvalue weighted by molar-refractivity contribution is -0.766. The van der Waals surface area contributed by atoms with Crippen LogP contribution in [-0.2, 0) is 36.3 Å². The van der Waals surface area contributed by atoms with Crippen molar-refractivity contribution >= 4 is 25.7 Å². The number of aliphatic carboxylic acids is 2. The summed E-state index contributed by atoms with van der Waals surface area (Å²) in [7, 11) is -6.02. The van der Waals surface area contributed by atoms with Gasteiger partial charge in [0.2, 0.25) is 0 Å². The normalized spacial score (nSPS) is 22.8. The van der Waals surface area contributed by atoms with Gasteiger partial charge in [0, 0.05) is 18.9 Å². The number of pyridine rings is 1. The Bertz CT molecular complexity index is 1570. The molecule has 4 rings (SSSR count). The van der Waals surface area contributed by atoms with E-state index in [1.54, 1.807) is 12.1 Å². The predicted octanol–water partition coefficient (Wildman–Crippen LogP) is -0.811.